The molecular formula is C16H14ClN3S. The maximum atomic E-state index is 6.11. The first-order chi connectivity index (χ1) is 10.2. The molecule has 0 atom stereocenters. The lowest BCUT2D eigenvalue weighted by atomic mass is 10.1. The Morgan fingerprint density at radius 1 is 1.33 bits per heavy atom. The minimum Gasteiger partial charge on any atom is -0.369 e. The van der Waals surface area contributed by atoms with Gasteiger partial charge in [-0.15, -0.1) is 11.3 Å². The molecule has 0 spiro atoms. The number of nitrogens with one attached hydrogen (secondary N) is 1. The Morgan fingerprint density at radius 3 is 3.00 bits per heavy atom. The van der Waals surface area contributed by atoms with Crippen molar-refractivity contribution in [3.05, 3.63) is 51.9 Å². The number of hydrogen-bond donors (Lipinski definition) is 1. The highest BCUT2D eigenvalue weighted by atomic mass is 35.5. The number of nitrogens with zero attached hydrogens (tertiary/aromatic N) is 2. The van der Waals surface area contributed by atoms with Crippen LogP contribution in [-0.2, 0) is 6.42 Å². The maximum Gasteiger partial charge on any atom is 0.133 e. The van der Waals surface area contributed by atoms with Gasteiger partial charge in [-0.2, -0.15) is 5.10 Å². The minimum absolute atomic E-state index is 0.725. The molecule has 0 saturated carbocycles. The molecule has 106 valence electrons. The summed E-state index contributed by atoms with van der Waals surface area (Å²) >= 11 is 7.86. The lowest BCUT2D eigenvalue weighted by Gasteiger charge is -2.06. The highest BCUT2D eigenvalue weighted by molar-refractivity contribution is 7.13. The highest BCUT2D eigenvalue weighted by Gasteiger charge is 2.24. The zero-order valence-corrected chi connectivity index (χ0v) is 13.1. The molecule has 1 aliphatic heterocycles. The standard InChI is InChI=1S/C16H14ClN3S/c1-10-7-14(21-9-10)15-13-5-6-18-16(13)20(19-15)12-4-2-3-11(17)8-12/h2-4,7-9,18H,5-6H2,1H3. The van der Waals surface area contributed by atoms with E-state index in [0.717, 1.165) is 35.2 Å². The molecule has 2 aromatic heterocycles. The first-order valence-electron chi connectivity index (χ1n) is 6.89. The molecule has 0 unspecified atom stereocenters. The monoisotopic (exact) mass is 315 g/mol. The molecule has 1 aromatic carbocycles. The minimum atomic E-state index is 0.725. The van der Waals surface area contributed by atoms with E-state index in [0.29, 0.717) is 0 Å². The normalized spacial score (nSPS) is 13.2. The van der Waals surface area contributed by atoms with Crippen LogP contribution in [0.25, 0.3) is 16.3 Å². The van der Waals surface area contributed by atoms with Crippen molar-refractivity contribution in [1.29, 1.82) is 0 Å². The van der Waals surface area contributed by atoms with Gasteiger partial charge in [-0.05, 0) is 48.6 Å². The Kier molecular flexibility index (Phi) is 3.01. The van der Waals surface area contributed by atoms with Crippen molar-refractivity contribution in [2.24, 2.45) is 0 Å². The fourth-order valence-electron chi connectivity index (χ4n) is 2.72. The van der Waals surface area contributed by atoms with Crippen LogP contribution in [0.2, 0.25) is 5.02 Å². The van der Waals surface area contributed by atoms with Crippen molar-refractivity contribution in [2.75, 3.05) is 11.9 Å². The number of benzene rings is 1. The van der Waals surface area contributed by atoms with Gasteiger partial charge in [0.1, 0.15) is 11.5 Å². The van der Waals surface area contributed by atoms with Crippen LogP contribution in [0.5, 0.6) is 0 Å². The molecule has 0 bridgehead atoms. The summed E-state index contributed by atoms with van der Waals surface area (Å²) in [6.07, 6.45) is 1.02. The topological polar surface area (TPSA) is 29.9 Å². The van der Waals surface area contributed by atoms with Gasteiger partial charge in [0.15, 0.2) is 0 Å². The van der Waals surface area contributed by atoms with Crippen LogP contribution in [0.3, 0.4) is 0 Å². The third-order valence-electron chi connectivity index (χ3n) is 3.67. The number of thiophene rings is 1. The van der Waals surface area contributed by atoms with E-state index in [4.69, 9.17) is 16.7 Å². The van der Waals surface area contributed by atoms with Crippen molar-refractivity contribution >= 4 is 28.8 Å². The van der Waals surface area contributed by atoms with Crippen molar-refractivity contribution in [3.8, 4) is 16.3 Å². The first-order valence-corrected chi connectivity index (χ1v) is 8.15. The lowest BCUT2D eigenvalue weighted by molar-refractivity contribution is 0.883. The summed E-state index contributed by atoms with van der Waals surface area (Å²) in [5, 5.41) is 11.2. The van der Waals surface area contributed by atoms with Gasteiger partial charge in [-0.25, -0.2) is 4.68 Å². The Morgan fingerprint density at radius 2 is 2.24 bits per heavy atom. The first kappa shape index (κ1) is 12.9. The fourth-order valence-corrected chi connectivity index (χ4v) is 3.82. The van der Waals surface area contributed by atoms with Gasteiger partial charge in [-0.1, -0.05) is 17.7 Å². The van der Waals surface area contributed by atoms with Crippen molar-refractivity contribution < 1.29 is 0 Å². The van der Waals surface area contributed by atoms with Crippen LogP contribution >= 0.6 is 22.9 Å². The van der Waals surface area contributed by atoms with Crippen LogP contribution in [0, 0.1) is 6.92 Å². The number of hydrogen-bond acceptors (Lipinski definition) is 3. The molecule has 0 aliphatic carbocycles. The number of anilines is 1. The summed E-state index contributed by atoms with van der Waals surface area (Å²) in [4.78, 5) is 1.23. The van der Waals surface area contributed by atoms with Crippen LogP contribution in [0.15, 0.2) is 35.7 Å². The lowest BCUT2D eigenvalue weighted by Crippen LogP contribution is -2.04. The Hall–Kier alpha value is -1.78. The second-order valence-electron chi connectivity index (χ2n) is 5.23. The third-order valence-corrected chi connectivity index (χ3v) is 4.96. The van der Waals surface area contributed by atoms with E-state index in [2.05, 4.69) is 23.7 Å². The average molecular weight is 316 g/mol. The van der Waals surface area contributed by atoms with Gasteiger partial charge >= 0.3 is 0 Å². The summed E-state index contributed by atoms with van der Waals surface area (Å²) in [6, 6.07) is 10.0. The van der Waals surface area contributed by atoms with Crippen LogP contribution < -0.4 is 5.32 Å². The van der Waals surface area contributed by atoms with Crippen LogP contribution in [0.4, 0.5) is 5.82 Å². The van der Waals surface area contributed by atoms with Crippen molar-refractivity contribution in [1.82, 2.24) is 9.78 Å². The number of halogens is 1. The van der Waals surface area contributed by atoms with E-state index < -0.39 is 0 Å². The molecule has 21 heavy (non-hydrogen) atoms. The van der Waals surface area contributed by atoms with E-state index in [1.165, 1.54) is 16.0 Å². The molecule has 1 aliphatic rings. The molecule has 3 nitrogen and oxygen atoms in total. The number of aromatic nitrogens is 2. The largest absolute Gasteiger partial charge is 0.369 e. The molecular weight excluding hydrogens is 302 g/mol. The van der Waals surface area contributed by atoms with E-state index in [1.807, 2.05) is 28.9 Å². The summed E-state index contributed by atoms with van der Waals surface area (Å²) in [5.74, 6) is 1.10. The molecule has 0 amide bonds. The van der Waals surface area contributed by atoms with E-state index >= 15 is 0 Å². The molecule has 0 saturated heterocycles. The predicted octanol–water partition coefficient (Wildman–Crippen LogP) is 4.53. The summed E-state index contributed by atoms with van der Waals surface area (Å²) < 4.78 is 1.97. The Bertz CT molecular complexity index is 819. The maximum absolute atomic E-state index is 6.11. The van der Waals surface area contributed by atoms with E-state index in [-0.39, 0.29) is 0 Å². The molecule has 3 aromatic rings. The Labute approximate surface area is 132 Å². The van der Waals surface area contributed by atoms with Crippen LogP contribution in [0.1, 0.15) is 11.1 Å². The molecule has 0 radical (unpaired) electrons. The van der Waals surface area contributed by atoms with E-state index in [1.54, 1.807) is 11.3 Å². The zero-order valence-electron chi connectivity index (χ0n) is 11.6. The smallest absolute Gasteiger partial charge is 0.133 e. The van der Waals surface area contributed by atoms with Crippen molar-refractivity contribution in [3.63, 3.8) is 0 Å². The number of aryl methyl sites for hydroxylation is 1. The molecule has 3 heterocycles. The quantitative estimate of drug-likeness (QED) is 0.753. The highest BCUT2D eigenvalue weighted by Crippen LogP contribution is 2.37. The third kappa shape index (κ3) is 2.15. The molecule has 5 heteroatoms. The van der Waals surface area contributed by atoms with Gasteiger partial charge in [-0.3, -0.25) is 0 Å². The number of fused-ring (bicyclic) bond motifs is 1. The summed E-state index contributed by atoms with van der Waals surface area (Å²) in [6.45, 7) is 3.08. The second-order valence-corrected chi connectivity index (χ2v) is 6.58. The van der Waals surface area contributed by atoms with Crippen LogP contribution in [-0.4, -0.2) is 16.3 Å². The van der Waals surface area contributed by atoms with Gasteiger partial charge < -0.3 is 5.32 Å². The SMILES string of the molecule is Cc1csc(-c2nn(-c3cccc(Cl)c3)c3c2CCN3)c1. The number of rotatable bonds is 2. The van der Waals surface area contributed by atoms with Gasteiger partial charge in [0.25, 0.3) is 0 Å². The summed E-state index contributed by atoms with van der Waals surface area (Å²) in [7, 11) is 0. The van der Waals surface area contributed by atoms with Gasteiger partial charge in [0.2, 0.25) is 0 Å². The average Bonchev–Trinajstić information content (AvgIpc) is 3.14. The molecule has 1 N–H and O–H groups in total. The van der Waals surface area contributed by atoms with Gasteiger partial charge in [0.05, 0.1) is 10.6 Å². The zero-order chi connectivity index (χ0) is 14.4. The molecule has 4 rings (SSSR count). The van der Waals surface area contributed by atoms with E-state index in [9.17, 15) is 0 Å². The molecule has 0 fully saturated rings. The summed E-state index contributed by atoms with van der Waals surface area (Å²) in [5.41, 5.74) is 4.67. The van der Waals surface area contributed by atoms with Crippen molar-refractivity contribution in [2.45, 2.75) is 13.3 Å². The second kappa shape index (κ2) is 4.90. The Balaban J connectivity index is 1.90. The van der Waals surface area contributed by atoms with Gasteiger partial charge in [0, 0.05) is 17.1 Å². The predicted molar refractivity (Wildman–Crippen MR) is 88.8 cm³/mol. The fraction of sp³-hybridized carbons (Fsp3) is 0.188.